The molecule has 2 aliphatic heterocycles. The van der Waals surface area contributed by atoms with E-state index in [-0.39, 0.29) is 0 Å². The van der Waals surface area contributed by atoms with Gasteiger partial charge in [-0.3, -0.25) is 14.7 Å². The Bertz CT molecular complexity index is 287. The van der Waals surface area contributed by atoms with Crippen LogP contribution in [0.3, 0.4) is 0 Å². The van der Waals surface area contributed by atoms with Crippen LogP contribution < -0.4 is 5.32 Å². The molecule has 1 N–H and O–H groups in total. The van der Waals surface area contributed by atoms with Gasteiger partial charge in [-0.25, -0.2) is 0 Å². The predicted molar refractivity (Wildman–Crippen MR) is 79.6 cm³/mol. The summed E-state index contributed by atoms with van der Waals surface area (Å²) in [5, 5.41) is 3.45. The normalized spacial score (nSPS) is 28.7. The standard InChI is InChI=1S/C15H30N4/c1-15(2,19-7-5-16-6-8-19)13-17-9-11-18(12-10-17)14-3-4-14/h14,16H,3-13H2,1-2H3. The Balaban J connectivity index is 1.47. The summed E-state index contributed by atoms with van der Waals surface area (Å²) in [4.78, 5) is 8.05. The van der Waals surface area contributed by atoms with Gasteiger partial charge in [-0.15, -0.1) is 0 Å². The van der Waals surface area contributed by atoms with E-state index < -0.39 is 0 Å². The van der Waals surface area contributed by atoms with Gasteiger partial charge >= 0.3 is 0 Å². The highest BCUT2D eigenvalue weighted by atomic mass is 15.3. The average Bonchev–Trinajstić information content (AvgIpc) is 3.25. The minimum atomic E-state index is 0.323. The van der Waals surface area contributed by atoms with E-state index in [1.54, 1.807) is 0 Å². The Morgan fingerprint density at radius 3 is 2.16 bits per heavy atom. The van der Waals surface area contributed by atoms with Gasteiger partial charge in [0.2, 0.25) is 0 Å². The lowest BCUT2D eigenvalue weighted by atomic mass is 10.0. The molecule has 0 radical (unpaired) electrons. The molecule has 0 aromatic rings. The van der Waals surface area contributed by atoms with E-state index in [0.29, 0.717) is 5.54 Å². The van der Waals surface area contributed by atoms with Crippen molar-refractivity contribution in [2.24, 2.45) is 0 Å². The molecule has 3 aliphatic rings. The van der Waals surface area contributed by atoms with Crippen LogP contribution in [-0.4, -0.2) is 85.2 Å². The molecule has 3 rings (SSSR count). The van der Waals surface area contributed by atoms with Crippen molar-refractivity contribution in [2.75, 3.05) is 58.9 Å². The van der Waals surface area contributed by atoms with Crippen LogP contribution >= 0.6 is 0 Å². The molecule has 1 saturated carbocycles. The molecule has 3 fully saturated rings. The fourth-order valence-corrected chi connectivity index (χ4v) is 3.64. The molecule has 4 heteroatoms. The zero-order chi connectivity index (χ0) is 13.3. The maximum Gasteiger partial charge on any atom is 0.0281 e. The van der Waals surface area contributed by atoms with Gasteiger partial charge < -0.3 is 5.32 Å². The number of hydrogen-bond acceptors (Lipinski definition) is 4. The van der Waals surface area contributed by atoms with Crippen molar-refractivity contribution in [3.63, 3.8) is 0 Å². The summed E-state index contributed by atoms with van der Waals surface area (Å²) >= 11 is 0. The highest BCUT2D eigenvalue weighted by molar-refractivity contribution is 4.91. The summed E-state index contributed by atoms with van der Waals surface area (Å²) in [6, 6.07) is 0.948. The second-order valence-corrected chi connectivity index (χ2v) is 7.09. The summed E-state index contributed by atoms with van der Waals surface area (Å²) in [6.45, 7) is 15.9. The van der Waals surface area contributed by atoms with Crippen molar-refractivity contribution in [1.29, 1.82) is 0 Å². The van der Waals surface area contributed by atoms with Crippen molar-refractivity contribution in [2.45, 2.75) is 38.3 Å². The van der Waals surface area contributed by atoms with Crippen LogP contribution in [0.25, 0.3) is 0 Å². The third-order valence-corrected chi connectivity index (χ3v) is 5.05. The van der Waals surface area contributed by atoms with Crippen LogP contribution in [0.5, 0.6) is 0 Å². The molecule has 0 atom stereocenters. The summed E-state index contributed by atoms with van der Waals surface area (Å²) in [7, 11) is 0. The van der Waals surface area contributed by atoms with E-state index in [4.69, 9.17) is 0 Å². The molecule has 4 nitrogen and oxygen atoms in total. The van der Waals surface area contributed by atoms with Gasteiger partial charge in [0, 0.05) is 70.5 Å². The molecule has 0 aromatic heterocycles. The summed E-state index contributed by atoms with van der Waals surface area (Å²) in [6.07, 6.45) is 2.90. The first-order valence-corrected chi connectivity index (χ1v) is 8.07. The van der Waals surface area contributed by atoms with Crippen molar-refractivity contribution in [1.82, 2.24) is 20.0 Å². The lowest BCUT2D eigenvalue weighted by Crippen LogP contribution is -2.59. The van der Waals surface area contributed by atoms with Gasteiger partial charge in [0.1, 0.15) is 0 Å². The molecule has 19 heavy (non-hydrogen) atoms. The van der Waals surface area contributed by atoms with Gasteiger partial charge in [0.15, 0.2) is 0 Å². The van der Waals surface area contributed by atoms with E-state index in [1.165, 1.54) is 58.7 Å². The van der Waals surface area contributed by atoms with Gasteiger partial charge in [0.25, 0.3) is 0 Å². The maximum atomic E-state index is 3.45. The minimum Gasteiger partial charge on any atom is -0.314 e. The molecule has 0 amide bonds. The highest BCUT2D eigenvalue weighted by Crippen LogP contribution is 2.28. The maximum absolute atomic E-state index is 3.45. The third kappa shape index (κ3) is 3.48. The van der Waals surface area contributed by atoms with Gasteiger partial charge in [-0.1, -0.05) is 0 Å². The summed E-state index contributed by atoms with van der Waals surface area (Å²) < 4.78 is 0. The minimum absolute atomic E-state index is 0.323. The van der Waals surface area contributed by atoms with Crippen LogP contribution in [0.15, 0.2) is 0 Å². The van der Waals surface area contributed by atoms with Gasteiger partial charge in [-0.2, -0.15) is 0 Å². The monoisotopic (exact) mass is 266 g/mol. The van der Waals surface area contributed by atoms with Gasteiger partial charge in [0.05, 0.1) is 0 Å². The number of nitrogens with zero attached hydrogens (tertiary/aromatic N) is 3. The topological polar surface area (TPSA) is 21.8 Å². The van der Waals surface area contributed by atoms with E-state index in [2.05, 4.69) is 33.9 Å². The average molecular weight is 266 g/mol. The molecule has 0 spiro atoms. The lowest BCUT2D eigenvalue weighted by molar-refractivity contribution is 0.0399. The Morgan fingerprint density at radius 2 is 1.58 bits per heavy atom. The highest BCUT2D eigenvalue weighted by Gasteiger charge is 2.34. The lowest BCUT2D eigenvalue weighted by Gasteiger charge is -2.45. The SMILES string of the molecule is CC(C)(CN1CCN(C2CC2)CC1)N1CCNCC1. The molecule has 110 valence electrons. The Morgan fingerprint density at radius 1 is 0.947 bits per heavy atom. The largest absolute Gasteiger partial charge is 0.314 e. The first-order chi connectivity index (χ1) is 9.15. The Hall–Kier alpha value is -0.160. The fourth-order valence-electron chi connectivity index (χ4n) is 3.64. The predicted octanol–water partition coefficient (Wildman–Crippen LogP) is 0.450. The second-order valence-electron chi connectivity index (χ2n) is 7.09. The molecule has 2 saturated heterocycles. The molecule has 0 bridgehead atoms. The van der Waals surface area contributed by atoms with Crippen molar-refractivity contribution in [3.8, 4) is 0 Å². The van der Waals surface area contributed by atoms with Crippen LogP contribution in [0.1, 0.15) is 26.7 Å². The van der Waals surface area contributed by atoms with E-state index in [0.717, 1.165) is 19.1 Å². The third-order valence-electron chi connectivity index (χ3n) is 5.05. The van der Waals surface area contributed by atoms with Crippen LogP contribution in [0, 0.1) is 0 Å². The molecular formula is C15H30N4. The zero-order valence-electron chi connectivity index (χ0n) is 12.7. The van der Waals surface area contributed by atoms with Crippen molar-refractivity contribution >= 4 is 0 Å². The van der Waals surface area contributed by atoms with Crippen LogP contribution in [0.4, 0.5) is 0 Å². The van der Waals surface area contributed by atoms with Crippen LogP contribution in [-0.2, 0) is 0 Å². The second kappa shape index (κ2) is 5.68. The van der Waals surface area contributed by atoms with Crippen LogP contribution in [0.2, 0.25) is 0 Å². The quantitative estimate of drug-likeness (QED) is 0.797. The molecule has 0 aromatic carbocycles. The number of piperazine rings is 2. The molecule has 2 heterocycles. The Labute approximate surface area is 118 Å². The fraction of sp³-hybridized carbons (Fsp3) is 1.00. The van der Waals surface area contributed by atoms with E-state index in [1.807, 2.05) is 0 Å². The zero-order valence-corrected chi connectivity index (χ0v) is 12.7. The smallest absolute Gasteiger partial charge is 0.0281 e. The molecular weight excluding hydrogens is 236 g/mol. The number of nitrogens with one attached hydrogen (secondary N) is 1. The summed E-state index contributed by atoms with van der Waals surface area (Å²) in [5.74, 6) is 0. The Kier molecular flexibility index (Phi) is 4.13. The molecule has 0 unspecified atom stereocenters. The number of hydrogen-bond donors (Lipinski definition) is 1. The number of rotatable bonds is 4. The van der Waals surface area contributed by atoms with E-state index >= 15 is 0 Å². The first-order valence-electron chi connectivity index (χ1n) is 8.07. The first kappa shape index (κ1) is 13.8. The summed E-state index contributed by atoms with van der Waals surface area (Å²) in [5.41, 5.74) is 0.323. The van der Waals surface area contributed by atoms with Crippen molar-refractivity contribution in [3.05, 3.63) is 0 Å². The van der Waals surface area contributed by atoms with Gasteiger partial charge in [-0.05, 0) is 26.7 Å². The van der Waals surface area contributed by atoms with E-state index in [9.17, 15) is 0 Å². The molecule has 1 aliphatic carbocycles. The van der Waals surface area contributed by atoms with Crippen molar-refractivity contribution < 1.29 is 0 Å².